The van der Waals surface area contributed by atoms with E-state index in [1.807, 2.05) is 13.8 Å². The number of amides is 2. The molecule has 2 heterocycles. The van der Waals surface area contributed by atoms with Crippen LogP contribution in [0.15, 0.2) is 52.5 Å². The summed E-state index contributed by atoms with van der Waals surface area (Å²) in [6, 6.07) is 0. The summed E-state index contributed by atoms with van der Waals surface area (Å²) in [5.74, 6) is 0.364. The molecule has 2 rings (SSSR count). The van der Waals surface area contributed by atoms with Gasteiger partial charge in [-0.05, 0) is 33.3 Å². The van der Waals surface area contributed by atoms with E-state index in [0.29, 0.717) is 41.7 Å². The first kappa shape index (κ1) is 23.7. The van der Waals surface area contributed by atoms with Crippen molar-refractivity contribution in [3.8, 4) is 0 Å². The number of anilines is 1. The van der Waals surface area contributed by atoms with Gasteiger partial charge in [0.2, 0.25) is 11.8 Å². The van der Waals surface area contributed by atoms with Crippen LogP contribution >= 0.6 is 0 Å². The molecule has 0 aromatic carbocycles. The van der Waals surface area contributed by atoms with Crippen molar-refractivity contribution in [1.82, 2.24) is 14.9 Å². The van der Waals surface area contributed by atoms with Crippen LogP contribution in [-0.4, -0.2) is 51.8 Å². The van der Waals surface area contributed by atoms with Crippen molar-refractivity contribution in [2.75, 3.05) is 18.4 Å². The Morgan fingerprint density at radius 1 is 1.26 bits per heavy atom. The SMILES string of the molecule is C=C(C=NC=C(C)C)c1cnc(NC(=O)CCC(=O)N2CCCN=C2C=C(C)N)cn1. The van der Waals surface area contributed by atoms with E-state index in [9.17, 15) is 9.59 Å². The van der Waals surface area contributed by atoms with Gasteiger partial charge in [0.05, 0.1) is 18.1 Å². The first-order valence-electron chi connectivity index (χ1n) is 10.0. The Balaban J connectivity index is 1.88. The molecule has 9 nitrogen and oxygen atoms in total. The monoisotopic (exact) mass is 423 g/mol. The second-order valence-corrected chi connectivity index (χ2v) is 7.37. The Hall–Kier alpha value is -3.62. The van der Waals surface area contributed by atoms with E-state index in [4.69, 9.17) is 5.73 Å². The third-order valence-corrected chi connectivity index (χ3v) is 4.13. The van der Waals surface area contributed by atoms with Gasteiger partial charge in [0.15, 0.2) is 5.82 Å². The minimum absolute atomic E-state index is 0.0272. The summed E-state index contributed by atoms with van der Waals surface area (Å²) in [6.07, 6.45) is 8.82. The van der Waals surface area contributed by atoms with Crippen molar-refractivity contribution in [2.24, 2.45) is 15.7 Å². The third-order valence-electron chi connectivity index (χ3n) is 4.13. The molecule has 1 aromatic heterocycles. The molecule has 0 unspecified atom stereocenters. The van der Waals surface area contributed by atoms with Gasteiger partial charge in [0.25, 0.3) is 0 Å². The molecule has 1 aliphatic heterocycles. The summed E-state index contributed by atoms with van der Waals surface area (Å²) in [4.78, 5) is 43.2. The van der Waals surface area contributed by atoms with Gasteiger partial charge in [-0.15, -0.1) is 0 Å². The van der Waals surface area contributed by atoms with Crippen LogP contribution in [0.3, 0.4) is 0 Å². The highest BCUT2D eigenvalue weighted by molar-refractivity contribution is 6.08. The van der Waals surface area contributed by atoms with Crippen LogP contribution in [0.5, 0.6) is 0 Å². The molecule has 0 fully saturated rings. The van der Waals surface area contributed by atoms with E-state index in [1.165, 1.54) is 12.4 Å². The molecule has 9 heteroatoms. The molecule has 164 valence electrons. The van der Waals surface area contributed by atoms with E-state index in [-0.39, 0.29) is 24.7 Å². The number of aliphatic imine (C=N–C) groups is 2. The third kappa shape index (κ3) is 7.96. The number of carbonyl (C=O) groups is 2. The summed E-state index contributed by atoms with van der Waals surface area (Å²) in [5, 5.41) is 2.65. The number of rotatable bonds is 8. The van der Waals surface area contributed by atoms with Crippen LogP contribution in [-0.2, 0) is 9.59 Å². The van der Waals surface area contributed by atoms with Crippen LogP contribution in [0.1, 0.15) is 45.7 Å². The fraction of sp³-hybridized carbons (Fsp3) is 0.364. The molecule has 0 spiro atoms. The standard InChI is InChI=1S/C22H29N7O2/c1-15(2)11-24-12-16(3)18-13-27-19(14-26-18)28-21(30)6-7-22(31)29-9-5-8-25-20(29)10-17(4)23/h10-14H,3,5-9,23H2,1-2,4H3,(H,27,28,30). The second-order valence-electron chi connectivity index (χ2n) is 7.37. The number of nitrogens with one attached hydrogen (secondary N) is 1. The first-order valence-corrected chi connectivity index (χ1v) is 10.0. The van der Waals surface area contributed by atoms with Crippen LogP contribution < -0.4 is 11.1 Å². The highest BCUT2D eigenvalue weighted by Crippen LogP contribution is 2.11. The van der Waals surface area contributed by atoms with Gasteiger partial charge >= 0.3 is 0 Å². The van der Waals surface area contributed by atoms with Crippen molar-refractivity contribution < 1.29 is 9.59 Å². The second kappa shape index (κ2) is 11.5. The van der Waals surface area contributed by atoms with E-state index in [2.05, 4.69) is 31.8 Å². The molecule has 0 radical (unpaired) electrons. The summed E-state index contributed by atoms with van der Waals surface area (Å²) in [7, 11) is 0. The molecular formula is C22H29N7O2. The number of carbonyl (C=O) groups excluding carboxylic acids is 2. The maximum atomic E-state index is 12.5. The number of hydrogen-bond donors (Lipinski definition) is 2. The first-order chi connectivity index (χ1) is 14.8. The Kier molecular flexibility index (Phi) is 8.80. The van der Waals surface area contributed by atoms with E-state index < -0.39 is 0 Å². The van der Waals surface area contributed by atoms with Gasteiger partial charge in [-0.1, -0.05) is 12.2 Å². The van der Waals surface area contributed by atoms with Gasteiger partial charge in [-0.2, -0.15) is 0 Å². The molecule has 3 N–H and O–H groups in total. The average Bonchev–Trinajstić information content (AvgIpc) is 2.72. The number of aromatic nitrogens is 2. The number of amidine groups is 1. The van der Waals surface area contributed by atoms with Gasteiger partial charge in [-0.3, -0.25) is 29.5 Å². The smallest absolute Gasteiger partial charge is 0.228 e. The zero-order valence-corrected chi connectivity index (χ0v) is 18.3. The van der Waals surface area contributed by atoms with Crippen LogP contribution in [0.2, 0.25) is 0 Å². The highest BCUT2D eigenvalue weighted by atomic mass is 16.2. The minimum Gasteiger partial charge on any atom is -0.402 e. The van der Waals surface area contributed by atoms with Crippen LogP contribution in [0.25, 0.3) is 5.57 Å². The maximum Gasteiger partial charge on any atom is 0.228 e. The molecule has 0 atom stereocenters. The zero-order valence-electron chi connectivity index (χ0n) is 18.3. The lowest BCUT2D eigenvalue weighted by Crippen LogP contribution is -2.40. The van der Waals surface area contributed by atoms with Crippen molar-refractivity contribution in [2.45, 2.75) is 40.0 Å². The van der Waals surface area contributed by atoms with Crippen LogP contribution in [0, 0.1) is 0 Å². The molecule has 1 aliphatic rings. The number of allylic oxidation sites excluding steroid dienone is 3. The molecule has 2 amide bonds. The van der Waals surface area contributed by atoms with E-state index in [0.717, 1.165) is 12.0 Å². The molecule has 0 aliphatic carbocycles. The largest absolute Gasteiger partial charge is 0.402 e. The average molecular weight is 424 g/mol. The lowest BCUT2D eigenvalue weighted by molar-refractivity contribution is -0.129. The summed E-state index contributed by atoms with van der Waals surface area (Å²) >= 11 is 0. The fourth-order valence-electron chi connectivity index (χ4n) is 2.66. The Labute approximate surface area is 182 Å². The lowest BCUT2D eigenvalue weighted by Gasteiger charge is -2.26. The lowest BCUT2D eigenvalue weighted by atomic mass is 10.2. The molecule has 1 aromatic rings. The topological polar surface area (TPSA) is 126 Å². The summed E-state index contributed by atoms with van der Waals surface area (Å²) in [5.41, 5.74) is 8.51. The van der Waals surface area contributed by atoms with Crippen molar-refractivity contribution in [3.63, 3.8) is 0 Å². The maximum absolute atomic E-state index is 12.5. The number of nitrogens with two attached hydrogens (primary N) is 1. The summed E-state index contributed by atoms with van der Waals surface area (Å²) in [6.45, 7) is 10.8. The van der Waals surface area contributed by atoms with Gasteiger partial charge < -0.3 is 11.1 Å². The minimum atomic E-state index is -0.319. The predicted molar refractivity (Wildman–Crippen MR) is 123 cm³/mol. The van der Waals surface area contributed by atoms with Gasteiger partial charge in [0, 0.05) is 49.6 Å². The fourth-order valence-corrected chi connectivity index (χ4v) is 2.66. The van der Waals surface area contributed by atoms with E-state index in [1.54, 1.807) is 30.3 Å². The Morgan fingerprint density at radius 3 is 2.68 bits per heavy atom. The quantitative estimate of drug-likeness (QED) is 0.622. The summed E-state index contributed by atoms with van der Waals surface area (Å²) < 4.78 is 0. The molecule has 0 bridgehead atoms. The number of hydrogen-bond acceptors (Lipinski definition) is 7. The zero-order chi connectivity index (χ0) is 22.8. The Bertz CT molecular complexity index is 935. The molecule has 0 saturated carbocycles. The predicted octanol–water partition coefficient (Wildman–Crippen LogP) is 2.70. The Morgan fingerprint density at radius 2 is 2.03 bits per heavy atom. The molecule has 0 saturated heterocycles. The normalized spacial score (nSPS) is 14.2. The van der Waals surface area contributed by atoms with Gasteiger partial charge in [0.1, 0.15) is 5.84 Å². The molecule has 31 heavy (non-hydrogen) atoms. The highest BCUT2D eigenvalue weighted by Gasteiger charge is 2.21. The van der Waals surface area contributed by atoms with Crippen molar-refractivity contribution in [3.05, 3.63) is 48.2 Å². The van der Waals surface area contributed by atoms with Crippen molar-refractivity contribution >= 4 is 35.3 Å². The number of nitrogens with zero attached hydrogens (tertiary/aromatic N) is 5. The van der Waals surface area contributed by atoms with Crippen LogP contribution in [0.4, 0.5) is 5.82 Å². The van der Waals surface area contributed by atoms with E-state index >= 15 is 0 Å². The van der Waals surface area contributed by atoms with Crippen molar-refractivity contribution in [1.29, 1.82) is 0 Å². The molecular weight excluding hydrogens is 394 g/mol. The van der Waals surface area contributed by atoms with Gasteiger partial charge in [-0.25, -0.2) is 4.98 Å².